The number of rotatable bonds is 8. The van der Waals surface area contributed by atoms with Crippen molar-refractivity contribution in [1.82, 2.24) is 0 Å². The molecule has 0 N–H and O–H groups in total. The molecule has 3 rings (SSSR count). The van der Waals surface area contributed by atoms with E-state index in [0.29, 0.717) is 16.3 Å². The van der Waals surface area contributed by atoms with Crippen LogP contribution in [0.1, 0.15) is 20.7 Å². The zero-order valence-corrected chi connectivity index (χ0v) is 20.7. The monoisotopic (exact) mass is 474 g/mol. The van der Waals surface area contributed by atoms with Gasteiger partial charge in [0.1, 0.15) is 0 Å². The second kappa shape index (κ2) is 10.1. The van der Waals surface area contributed by atoms with E-state index in [1.807, 2.05) is 25.7 Å². The van der Waals surface area contributed by atoms with Gasteiger partial charge >= 0.3 is 0 Å². The summed E-state index contributed by atoms with van der Waals surface area (Å²) in [5.41, 5.74) is 0.835. The number of allylic oxidation sites excluding steroid dienone is 3. The lowest BCUT2D eigenvalue weighted by atomic mass is 10.1. The smallest absolute Gasteiger partial charge is 0.206 e. The molecule has 0 spiro atoms. The largest absolute Gasteiger partial charge is 0.289 e. The van der Waals surface area contributed by atoms with Gasteiger partial charge in [-0.3, -0.25) is 9.59 Å². The molecule has 0 aromatic heterocycles. The van der Waals surface area contributed by atoms with Crippen LogP contribution in [0.3, 0.4) is 0 Å². The van der Waals surface area contributed by atoms with E-state index in [0.717, 1.165) is 0 Å². The number of carbonyl (C=O) groups is 2. The first-order valence-electron chi connectivity index (χ1n) is 10.5. The second-order valence-electron chi connectivity index (χ2n) is 8.59. The highest BCUT2D eigenvalue weighted by Crippen LogP contribution is 2.32. The van der Waals surface area contributed by atoms with E-state index in [4.69, 9.17) is 0 Å². The van der Waals surface area contributed by atoms with Crippen LogP contribution in [0.15, 0.2) is 118 Å². The van der Waals surface area contributed by atoms with Crippen molar-refractivity contribution in [2.75, 3.05) is 0 Å². The molecule has 0 unspecified atom stereocenters. The minimum atomic E-state index is -4.06. The maximum atomic E-state index is 13.8. The third kappa shape index (κ3) is 5.91. The quantitative estimate of drug-likeness (QED) is 0.176. The fourth-order valence-corrected chi connectivity index (χ4v) is 7.38. The van der Waals surface area contributed by atoms with Gasteiger partial charge in [-0.1, -0.05) is 98.5 Å². The molecule has 0 heterocycles. The van der Waals surface area contributed by atoms with E-state index in [2.05, 4.69) is 0 Å². The summed E-state index contributed by atoms with van der Waals surface area (Å²) in [6.45, 7) is 5.87. The Labute approximate surface area is 196 Å². The summed E-state index contributed by atoms with van der Waals surface area (Å²) >= 11 is 0. The SMILES string of the molecule is C[Si](C)(C)C(=C/C(=O)c1ccccc1)/C(=C/C(=O)c1ccccc1)S(=O)(=O)c1ccccc1. The summed E-state index contributed by atoms with van der Waals surface area (Å²) < 4.78 is 27.5. The summed E-state index contributed by atoms with van der Waals surface area (Å²) in [5.74, 6) is -0.726. The lowest BCUT2D eigenvalue weighted by Gasteiger charge is -2.24. The van der Waals surface area contributed by atoms with Gasteiger partial charge < -0.3 is 0 Å². The van der Waals surface area contributed by atoms with Gasteiger partial charge in [0.05, 0.1) is 17.9 Å². The van der Waals surface area contributed by atoms with Gasteiger partial charge in [-0.25, -0.2) is 8.42 Å². The zero-order valence-electron chi connectivity index (χ0n) is 18.9. The Bertz CT molecular complexity index is 1300. The minimum absolute atomic E-state index is 0.0772. The Morgan fingerprint density at radius 3 is 1.45 bits per heavy atom. The number of carbonyl (C=O) groups excluding carboxylic acids is 2. The average Bonchev–Trinajstić information content (AvgIpc) is 2.82. The number of sulfone groups is 1. The molecule has 0 saturated carbocycles. The molecule has 0 aliphatic rings. The second-order valence-corrected chi connectivity index (χ2v) is 15.6. The van der Waals surface area contributed by atoms with Crippen LogP contribution in [0.4, 0.5) is 0 Å². The third-order valence-electron chi connectivity index (χ3n) is 5.07. The maximum absolute atomic E-state index is 13.8. The summed E-state index contributed by atoms with van der Waals surface area (Å²) in [6.07, 6.45) is 2.56. The molecule has 0 aliphatic heterocycles. The Hall–Kier alpha value is -3.35. The number of hydrogen-bond acceptors (Lipinski definition) is 4. The molecule has 0 bridgehead atoms. The van der Waals surface area contributed by atoms with Gasteiger partial charge in [-0.15, -0.1) is 0 Å². The lowest BCUT2D eigenvalue weighted by molar-refractivity contribution is 0.103. The van der Waals surface area contributed by atoms with E-state index in [1.165, 1.54) is 24.3 Å². The van der Waals surface area contributed by atoms with Gasteiger partial charge in [-0.2, -0.15) is 0 Å². The van der Waals surface area contributed by atoms with Gasteiger partial charge in [-0.05, 0) is 23.4 Å². The fourth-order valence-electron chi connectivity index (χ4n) is 3.31. The van der Waals surface area contributed by atoms with Crippen molar-refractivity contribution in [3.63, 3.8) is 0 Å². The molecular formula is C27H26O4SSi. The van der Waals surface area contributed by atoms with Crippen LogP contribution in [-0.4, -0.2) is 28.1 Å². The lowest BCUT2D eigenvalue weighted by Crippen LogP contribution is -2.29. The van der Waals surface area contributed by atoms with Crippen molar-refractivity contribution in [2.45, 2.75) is 24.5 Å². The standard InChI is InChI=1S/C27H26O4SSi/c1-33(2,3)27(20-25(29)22-15-9-5-10-16-22)26(19-24(28)21-13-7-4-8-14-21)32(30,31)23-17-11-6-12-18-23/h4-20H,1-3H3/b26-19-,27-20+. The number of hydrogen-bond donors (Lipinski definition) is 0. The van der Waals surface area contributed by atoms with Crippen LogP contribution in [0.5, 0.6) is 0 Å². The Morgan fingerprint density at radius 2 is 1.03 bits per heavy atom. The van der Waals surface area contributed by atoms with E-state index in [-0.39, 0.29) is 15.6 Å². The number of benzene rings is 3. The molecule has 0 fully saturated rings. The van der Waals surface area contributed by atoms with Crippen LogP contribution >= 0.6 is 0 Å². The molecule has 168 valence electrons. The van der Waals surface area contributed by atoms with E-state index in [9.17, 15) is 18.0 Å². The Morgan fingerprint density at radius 1 is 0.636 bits per heavy atom. The normalized spacial score (nSPS) is 12.9. The van der Waals surface area contributed by atoms with Crippen LogP contribution in [0.25, 0.3) is 0 Å². The van der Waals surface area contributed by atoms with Gasteiger partial charge in [0.15, 0.2) is 11.6 Å². The third-order valence-corrected chi connectivity index (χ3v) is 9.09. The average molecular weight is 475 g/mol. The molecule has 0 radical (unpaired) electrons. The van der Waals surface area contributed by atoms with Crippen molar-refractivity contribution in [3.05, 3.63) is 124 Å². The maximum Gasteiger partial charge on any atom is 0.206 e. The number of ketones is 2. The van der Waals surface area contributed by atoms with Gasteiger partial charge in [0.25, 0.3) is 0 Å². The van der Waals surface area contributed by atoms with Crippen LogP contribution < -0.4 is 0 Å². The molecular weight excluding hydrogens is 448 g/mol. The van der Waals surface area contributed by atoms with Crippen LogP contribution in [-0.2, 0) is 9.84 Å². The highest BCUT2D eigenvalue weighted by Gasteiger charge is 2.33. The zero-order chi connectivity index (χ0) is 24.1. The first kappa shape index (κ1) is 24.3. The Balaban J connectivity index is 2.25. The summed E-state index contributed by atoms with van der Waals surface area (Å²) in [4.78, 5) is 26.1. The van der Waals surface area contributed by atoms with Crippen molar-refractivity contribution in [3.8, 4) is 0 Å². The first-order chi connectivity index (χ1) is 15.6. The molecule has 0 atom stereocenters. The van der Waals surface area contributed by atoms with Gasteiger partial charge in [0.2, 0.25) is 9.84 Å². The fraction of sp³-hybridized carbons (Fsp3) is 0.111. The molecule has 0 saturated heterocycles. The van der Waals surface area contributed by atoms with Crippen molar-refractivity contribution >= 4 is 29.5 Å². The van der Waals surface area contributed by atoms with Crippen LogP contribution in [0.2, 0.25) is 19.6 Å². The van der Waals surface area contributed by atoms with Crippen molar-refractivity contribution in [2.24, 2.45) is 0 Å². The molecule has 33 heavy (non-hydrogen) atoms. The van der Waals surface area contributed by atoms with E-state index < -0.39 is 23.7 Å². The summed E-state index contributed by atoms with van der Waals surface area (Å²) in [5, 5.41) is 0.407. The molecule has 6 heteroatoms. The first-order valence-corrected chi connectivity index (χ1v) is 15.5. The topological polar surface area (TPSA) is 68.3 Å². The predicted molar refractivity (Wildman–Crippen MR) is 135 cm³/mol. The molecule has 0 aliphatic carbocycles. The van der Waals surface area contributed by atoms with E-state index in [1.54, 1.807) is 72.8 Å². The molecule has 3 aromatic rings. The molecule has 4 nitrogen and oxygen atoms in total. The highest BCUT2D eigenvalue weighted by molar-refractivity contribution is 7.95. The van der Waals surface area contributed by atoms with Crippen molar-refractivity contribution < 1.29 is 18.0 Å². The summed E-state index contributed by atoms with van der Waals surface area (Å²) in [7, 11) is -6.48. The Kier molecular flexibility index (Phi) is 7.41. The predicted octanol–water partition coefficient (Wildman–Crippen LogP) is 5.91. The van der Waals surface area contributed by atoms with Crippen LogP contribution in [0, 0.1) is 0 Å². The molecule has 0 amide bonds. The van der Waals surface area contributed by atoms with Gasteiger partial charge in [0, 0.05) is 17.2 Å². The van der Waals surface area contributed by atoms with E-state index >= 15 is 0 Å². The molecule has 3 aromatic carbocycles. The summed E-state index contributed by atoms with van der Waals surface area (Å²) in [6, 6.07) is 25.2. The highest BCUT2D eigenvalue weighted by atomic mass is 32.2. The minimum Gasteiger partial charge on any atom is -0.289 e. The van der Waals surface area contributed by atoms with Crippen molar-refractivity contribution in [1.29, 1.82) is 0 Å².